The summed E-state index contributed by atoms with van der Waals surface area (Å²) in [6, 6.07) is 6.42. The second kappa shape index (κ2) is 6.70. The van der Waals surface area contributed by atoms with Gasteiger partial charge in [-0.25, -0.2) is 9.48 Å². The maximum atomic E-state index is 12.7. The number of carbonyl (C=O) groups is 2. The van der Waals surface area contributed by atoms with Crippen LogP contribution in [0, 0.1) is 6.92 Å². The van der Waals surface area contributed by atoms with E-state index in [0.29, 0.717) is 12.3 Å². The molecule has 1 atom stereocenters. The normalized spacial score (nSPS) is 17.8. The van der Waals surface area contributed by atoms with Crippen LogP contribution < -0.4 is 0 Å². The van der Waals surface area contributed by atoms with Crippen LogP contribution in [0.25, 0.3) is 5.69 Å². The third kappa shape index (κ3) is 3.04. The van der Waals surface area contributed by atoms with Crippen molar-refractivity contribution < 1.29 is 19.4 Å². The first-order valence-electron chi connectivity index (χ1n) is 7.29. The Morgan fingerprint density at radius 1 is 1.42 bits per heavy atom. The molecule has 3 rings (SSSR count). The maximum Gasteiger partial charge on any atom is 0.328 e. The van der Waals surface area contributed by atoms with Crippen LogP contribution in [0.5, 0.6) is 0 Å². The molecular weight excluding hydrogens is 380 g/mol. The SMILES string of the molecule is Cc1c(C(=O)N2CCOCC2C(=O)O)nnn1-c1cccc(Br)c1. The van der Waals surface area contributed by atoms with Crippen molar-refractivity contribution in [2.45, 2.75) is 13.0 Å². The summed E-state index contributed by atoms with van der Waals surface area (Å²) in [5.41, 5.74) is 1.45. The molecule has 2 aromatic rings. The number of hydrogen-bond acceptors (Lipinski definition) is 5. The van der Waals surface area contributed by atoms with Crippen LogP contribution in [0.1, 0.15) is 16.2 Å². The summed E-state index contributed by atoms with van der Waals surface area (Å²) < 4.78 is 7.58. The van der Waals surface area contributed by atoms with E-state index in [0.717, 1.165) is 10.2 Å². The summed E-state index contributed by atoms with van der Waals surface area (Å²) in [6.07, 6.45) is 0. The van der Waals surface area contributed by atoms with Gasteiger partial charge < -0.3 is 14.7 Å². The van der Waals surface area contributed by atoms with Gasteiger partial charge in [0.05, 0.1) is 24.6 Å². The van der Waals surface area contributed by atoms with Crippen LogP contribution in [0.3, 0.4) is 0 Å². The summed E-state index contributed by atoms with van der Waals surface area (Å²) in [6.45, 7) is 2.21. The number of carboxylic acid groups (broad SMARTS) is 1. The van der Waals surface area contributed by atoms with Gasteiger partial charge in [0.1, 0.15) is 0 Å². The Morgan fingerprint density at radius 3 is 2.92 bits per heavy atom. The highest BCUT2D eigenvalue weighted by molar-refractivity contribution is 9.10. The van der Waals surface area contributed by atoms with Gasteiger partial charge in [0.25, 0.3) is 5.91 Å². The fraction of sp³-hybridized carbons (Fsp3) is 0.333. The maximum absolute atomic E-state index is 12.7. The first-order valence-corrected chi connectivity index (χ1v) is 8.08. The van der Waals surface area contributed by atoms with Crippen molar-refractivity contribution >= 4 is 27.8 Å². The van der Waals surface area contributed by atoms with Crippen LogP contribution >= 0.6 is 15.9 Å². The Kier molecular flexibility index (Phi) is 4.63. The number of halogens is 1. The number of carboxylic acids is 1. The molecule has 1 fully saturated rings. The second-order valence-corrected chi connectivity index (χ2v) is 6.26. The molecule has 0 saturated carbocycles. The first kappa shape index (κ1) is 16.6. The van der Waals surface area contributed by atoms with Crippen LogP contribution in [0.15, 0.2) is 28.7 Å². The van der Waals surface area contributed by atoms with Crippen LogP contribution in [-0.4, -0.2) is 62.7 Å². The second-order valence-electron chi connectivity index (χ2n) is 5.34. The Bertz CT molecular complexity index is 792. The van der Waals surface area contributed by atoms with Gasteiger partial charge in [0.2, 0.25) is 0 Å². The minimum atomic E-state index is -1.10. The molecule has 0 aliphatic carbocycles. The molecule has 126 valence electrons. The molecule has 8 nitrogen and oxygen atoms in total. The monoisotopic (exact) mass is 394 g/mol. The van der Waals surface area contributed by atoms with Crippen molar-refractivity contribution in [1.29, 1.82) is 0 Å². The molecule has 1 aromatic carbocycles. The molecule has 1 aliphatic heterocycles. The van der Waals surface area contributed by atoms with E-state index in [1.165, 1.54) is 4.90 Å². The van der Waals surface area contributed by atoms with E-state index < -0.39 is 17.9 Å². The fourth-order valence-electron chi connectivity index (χ4n) is 2.57. The Labute approximate surface area is 146 Å². The third-order valence-electron chi connectivity index (χ3n) is 3.82. The molecule has 0 radical (unpaired) electrons. The number of rotatable bonds is 3. The molecule has 1 amide bonds. The van der Waals surface area contributed by atoms with Gasteiger partial charge >= 0.3 is 5.97 Å². The molecule has 2 heterocycles. The molecule has 1 saturated heterocycles. The van der Waals surface area contributed by atoms with Gasteiger partial charge in [0.15, 0.2) is 11.7 Å². The van der Waals surface area contributed by atoms with Gasteiger partial charge in [-0.2, -0.15) is 0 Å². The number of carbonyl (C=O) groups excluding carboxylic acids is 1. The number of benzene rings is 1. The molecule has 1 unspecified atom stereocenters. The Balaban J connectivity index is 1.92. The summed E-state index contributed by atoms with van der Waals surface area (Å²) in [5, 5.41) is 17.3. The third-order valence-corrected chi connectivity index (χ3v) is 4.32. The van der Waals surface area contributed by atoms with Gasteiger partial charge in [-0.3, -0.25) is 4.79 Å². The highest BCUT2D eigenvalue weighted by atomic mass is 79.9. The van der Waals surface area contributed by atoms with Crippen molar-refractivity contribution in [3.63, 3.8) is 0 Å². The largest absolute Gasteiger partial charge is 0.480 e. The van der Waals surface area contributed by atoms with Gasteiger partial charge in [-0.1, -0.05) is 27.2 Å². The van der Waals surface area contributed by atoms with Crippen LogP contribution in [0.2, 0.25) is 0 Å². The lowest BCUT2D eigenvalue weighted by Crippen LogP contribution is -2.52. The van der Waals surface area contributed by atoms with E-state index in [9.17, 15) is 14.7 Å². The molecule has 24 heavy (non-hydrogen) atoms. The smallest absolute Gasteiger partial charge is 0.328 e. The zero-order valence-corrected chi connectivity index (χ0v) is 14.4. The summed E-state index contributed by atoms with van der Waals surface area (Å²) in [4.78, 5) is 25.3. The quantitative estimate of drug-likeness (QED) is 0.841. The molecule has 9 heteroatoms. The molecule has 0 bridgehead atoms. The topological polar surface area (TPSA) is 97.6 Å². The van der Waals surface area contributed by atoms with Crippen molar-refractivity contribution in [3.8, 4) is 5.69 Å². The molecule has 0 spiro atoms. The Hall–Kier alpha value is -2.26. The Morgan fingerprint density at radius 2 is 2.21 bits per heavy atom. The molecule has 1 aromatic heterocycles. The number of ether oxygens (including phenoxy) is 1. The van der Waals surface area contributed by atoms with Gasteiger partial charge in [-0.15, -0.1) is 5.10 Å². The van der Waals surface area contributed by atoms with Gasteiger partial charge in [-0.05, 0) is 25.1 Å². The average Bonchev–Trinajstić information content (AvgIpc) is 2.95. The van der Waals surface area contributed by atoms with E-state index in [4.69, 9.17) is 4.74 Å². The number of nitrogens with zero attached hydrogens (tertiary/aromatic N) is 4. The van der Waals surface area contributed by atoms with E-state index in [1.54, 1.807) is 11.6 Å². The predicted octanol–water partition coefficient (Wildman–Crippen LogP) is 1.26. The number of morpholine rings is 1. The average molecular weight is 395 g/mol. The van der Waals surface area contributed by atoms with Crippen molar-refractivity contribution in [3.05, 3.63) is 40.1 Å². The zero-order chi connectivity index (χ0) is 17.3. The van der Waals surface area contributed by atoms with Crippen LogP contribution in [0.4, 0.5) is 0 Å². The number of amides is 1. The standard InChI is InChI=1S/C15H15BrN4O4/c1-9-13(14(21)19-5-6-24-8-12(19)15(22)23)17-18-20(9)11-4-2-3-10(16)7-11/h2-4,7,12H,5-6,8H2,1H3,(H,22,23). The summed E-state index contributed by atoms with van der Waals surface area (Å²) in [5.74, 6) is -1.55. The number of aliphatic carboxylic acids is 1. The first-order chi connectivity index (χ1) is 11.5. The molecule has 1 aliphatic rings. The fourth-order valence-corrected chi connectivity index (χ4v) is 2.95. The summed E-state index contributed by atoms with van der Waals surface area (Å²) >= 11 is 3.39. The van der Waals surface area contributed by atoms with E-state index in [2.05, 4.69) is 26.2 Å². The highest BCUT2D eigenvalue weighted by Gasteiger charge is 2.35. The minimum Gasteiger partial charge on any atom is -0.480 e. The molecule has 1 N–H and O–H groups in total. The van der Waals surface area contributed by atoms with Crippen molar-refractivity contribution in [2.24, 2.45) is 0 Å². The minimum absolute atomic E-state index is 0.0279. The van der Waals surface area contributed by atoms with E-state index in [1.807, 2.05) is 24.3 Å². The van der Waals surface area contributed by atoms with Gasteiger partial charge in [0, 0.05) is 11.0 Å². The van der Waals surface area contributed by atoms with Crippen molar-refractivity contribution in [1.82, 2.24) is 19.9 Å². The van der Waals surface area contributed by atoms with Crippen molar-refractivity contribution in [2.75, 3.05) is 19.8 Å². The number of aromatic nitrogens is 3. The number of hydrogen-bond donors (Lipinski definition) is 1. The lowest BCUT2D eigenvalue weighted by atomic mass is 10.2. The van der Waals surface area contributed by atoms with E-state index >= 15 is 0 Å². The highest BCUT2D eigenvalue weighted by Crippen LogP contribution is 2.19. The molecular formula is C15H15BrN4O4. The predicted molar refractivity (Wildman–Crippen MR) is 87.1 cm³/mol. The van der Waals surface area contributed by atoms with E-state index in [-0.39, 0.29) is 18.8 Å². The van der Waals surface area contributed by atoms with Crippen LogP contribution in [-0.2, 0) is 9.53 Å². The summed E-state index contributed by atoms with van der Waals surface area (Å²) in [7, 11) is 0. The zero-order valence-electron chi connectivity index (χ0n) is 12.8. The lowest BCUT2D eigenvalue weighted by molar-refractivity contribution is -0.147. The lowest BCUT2D eigenvalue weighted by Gasteiger charge is -2.32.